The first-order valence-electron chi connectivity index (χ1n) is 6.65. The number of carboxylic acids is 1. The molecule has 2 aromatic rings. The molecule has 1 aromatic carbocycles. The number of hydrogen-bond acceptors (Lipinski definition) is 4. The lowest BCUT2D eigenvalue weighted by atomic mass is 10.3. The zero-order valence-electron chi connectivity index (χ0n) is 11.5. The number of carboxylic acid groups (broad SMARTS) is 1. The SMILES string of the molecule is O=C(O)CSCC(=O)NCCCc1nc2ccccc2[nH]1. The number of nitrogens with zero attached hydrogens (tertiary/aromatic N) is 1. The molecule has 0 atom stereocenters. The van der Waals surface area contributed by atoms with Crippen molar-refractivity contribution < 1.29 is 14.7 Å². The summed E-state index contributed by atoms with van der Waals surface area (Å²) in [6, 6.07) is 7.84. The highest BCUT2D eigenvalue weighted by Gasteiger charge is 2.05. The number of carbonyl (C=O) groups is 2. The van der Waals surface area contributed by atoms with E-state index in [4.69, 9.17) is 5.11 Å². The van der Waals surface area contributed by atoms with Gasteiger partial charge in [0.2, 0.25) is 5.91 Å². The Balaban J connectivity index is 1.65. The van der Waals surface area contributed by atoms with E-state index in [0.717, 1.165) is 41.5 Å². The van der Waals surface area contributed by atoms with Gasteiger partial charge in [0.1, 0.15) is 5.82 Å². The van der Waals surface area contributed by atoms with Gasteiger partial charge in [-0.3, -0.25) is 9.59 Å². The number of nitrogens with one attached hydrogen (secondary N) is 2. The van der Waals surface area contributed by atoms with E-state index in [1.807, 2.05) is 24.3 Å². The maximum absolute atomic E-state index is 11.4. The number of imidazole rings is 1. The Hall–Kier alpha value is -2.02. The average Bonchev–Trinajstić information content (AvgIpc) is 2.86. The van der Waals surface area contributed by atoms with E-state index in [1.54, 1.807) is 0 Å². The second kappa shape index (κ2) is 7.68. The van der Waals surface area contributed by atoms with Gasteiger partial charge in [-0.15, -0.1) is 11.8 Å². The van der Waals surface area contributed by atoms with Crippen molar-refractivity contribution in [3.05, 3.63) is 30.1 Å². The number of amides is 1. The highest BCUT2D eigenvalue weighted by Crippen LogP contribution is 2.11. The minimum atomic E-state index is -0.905. The number of aliphatic carboxylic acids is 1. The number of aromatic nitrogens is 2. The molecule has 112 valence electrons. The number of benzene rings is 1. The molecule has 0 saturated carbocycles. The molecule has 0 unspecified atom stereocenters. The number of hydrogen-bond donors (Lipinski definition) is 3. The summed E-state index contributed by atoms with van der Waals surface area (Å²) in [6.07, 6.45) is 1.55. The number of thioether (sulfide) groups is 1. The summed E-state index contributed by atoms with van der Waals surface area (Å²) >= 11 is 1.10. The van der Waals surface area contributed by atoms with E-state index in [9.17, 15) is 9.59 Å². The van der Waals surface area contributed by atoms with Crippen molar-refractivity contribution in [1.29, 1.82) is 0 Å². The topological polar surface area (TPSA) is 95.1 Å². The van der Waals surface area contributed by atoms with Crippen molar-refractivity contribution >= 4 is 34.7 Å². The van der Waals surface area contributed by atoms with Gasteiger partial charge in [0.15, 0.2) is 0 Å². The van der Waals surface area contributed by atoms with Crippen molar-refractivity contribution in [2.75, 3.05) is 18.1 Å². The molecule has 0 aliphatic carbocycles. The van der Waals surface area contributed by atoms with Crippen LogP contribution in [0.2, 0.25) is 0 Å². The van der Waals surface area contributed by atoms with Crippen LogP contribution in [0.1, 0.15) is 12.2 Å². The van der Waals surface area contributed by atoms with E-state index < -0.39 is 5.97 Å². The number of aromatic amines is 1. The van der Waals surface area contributed by atoms with Crippen LogP contribution >= 0.6 is 11.8 Å². The molecule has 1 amide bonds. The Morgan fingerprint density at radius 2 is 2.10 bits per heavy atom. The minimum absolute atomic E-state index is 0.0492. The smallest absolute Gasteiger partial charge is 0.313 e. The van der Waals surface area contributed by atoms with Gasteiger partial charge < -0.3 is 15.4 Å². The van der Waals surface area contributed by atoms with Gasteiger partial charge in [0, 0.05) is 13.0 Å². The van der Waals surface area contributed by atoms with Gasteiger partial charge in [-0.05, 0) is 18.6 Å². The molecule has 0 bridgehead atoms. The molecule has 7 heteroatoms. The predicted molar refractivity (Wildman–Crippen MR) is 82.4 cm³/mol. The summed E-state index contributed by atoms with van der Waals surface area (Å²) < 4.78 is 0. The Morgan fingerprint density at radius 1 is 1.29 bits per heavy atom. The molecule has 0 aliphatic heterocycles. The van der Waals surface area contributed by atoms with Gasteiger partial charge in [0.05, 0.1) is 22.5 Å². The van der Waals surface area contributed by atoms with Gasteiger partial charge in [-0.2, -0.15) is 0 Å². The quantitative estimate of drug-likeness (QED) is 0.641. The summed E-state index contributed by atoms with van der Waals surface area (Å²) in [7, 11) is 0. The monoisotopic (exact) mass is 307 g/mol. The predicted octanol–water partition coefficient (Wildman–Crippen LogP) is 1.43. The number of carbonyl (C=O) groups excluding carboxylic acids is 1. The number of rotatable bonds is 8. The van der Waals surface area contributed by atoms with Crippen LogP contribution in [-0.2, 0) is 16.0 Å². The van der Waals surface area contributed by atoms with E-state index in [2.05, 4.69) is 15.3 Å². The third-order valence-corrected chi connectivity index (χ3v) is 3.73. The summed E-state index contributed by atoms with van der Waals surface area (Å²) in [5.74, 6) is -0.00202. The first-order valence-corrected chi connectivity index (χ1v) is 7.80. The third-order valence-electron chi connectivity index (χ3n) is 2.81. The lowest BCUT2D eigenvalue weighted by Gasteiger charge is -2.03. The zero-order chi connectivity index (χ0) is 15.1. The molecule has 1 aromatic heterocycles. The van der Waals surface area contributed by atoms with Crippen LogP contribution in [0.4, 0.5) is 0 Å². The van der Waals surface area contributed by atoms with Crippen LogP contribution in [0, 0.1) is 0 Å². The standard InChI is InChI=1S/C14H17N3O3S/c18-13(8-21-9-14(19)20)15-7-3-6-12-16-10-4-1-2-5-11(10)17-12/h1-2,4-5H,3,6-9H2,(H,15,18)(H,16,17)(H,19,20). The molecular formula is C14H17N3O3S. The zero-order valence-corrected chi connectivity index (χ0v) is 12.3. The fourth-order valence-corrected chi connectivity index (χ4v) is 2.45. The van der Waals surface area contributed by atoms with E-state index in [0.29, 0.717) is 6.54 Å². The first-order chi connectivity index (χ1) is 10.1. The Morgan fingerprint density at radius 3 is 2.86 bits per heavy atom. The molecule has 6 nitrogen and oxygen atoms in total. The largest absolute Gasteiger partial charge is 0.481 e. The second-order valence-corrected chi connectivity index (χ2v) is 5.53. The number of H-pyrrole nitrogens is 1. The summed E-state index contributed by atoms with van der Waals surface area (Å²) in [4.78, 5) is 29.4. The molecule has 1 heterocycles. The molecule has 0 fully saturated rings. The molecule has 0 spiro atoms. The van der Waals surface area contributed by atoms with Crippen LogP contribution < -0.4 is 5.32 Å². The average molecular weight is 307 g/mol. The van der Waals surface area contributed by atoms with Gasteiger partial charge in [0.25, 0.3) is 0 Å². The number of para-hydroxylation sites is 2. The van der Waals surface area contributed by atoms with Crippen LogP contribution in [0.5, 0.6) is 0 Å². The Kier molecular flexibility index (Phi) is 5.62. The maximum atomic E-state index is 11.4. The van der Waals surface area contributed by atoms with Crippen LogP contribution in [0.3, 0.4) is 0 Å². The molecule has 2 rings (SSSR count). The van der Waals surface area contributed by atoms with E-state index >= 15 is 0 Å². The lowest BCUT2D eigenvalue weighted by molar-refractivity contribution is -0.133. The maximum Gasteiger partial charge on any atom is 0.313 e. The van der Waals surface area contributed by atoms with Crippen LogP contribution in [0.25, 0.3) is 11.0 Å². The Bertz CT molecular complexity index is 594. The van der Waals surface area contributed by atoms with Crippen LogP contribution in [0.15, 0.2) is 24.3 Å². The molecule has 21 heavy (non-hydrogen) atoms. The number of fused-ring (bicyclic) bond motifs is 1. The molecule has 0 radical (unpaired) electrons. The summed E-state index contributed by atoms with van der Waals surface area (Å²) in [6.45, 7) is 0.559. The molecule has 0 saturated heterocycles. The first kappa shape index (κ1) is 15.4. The van der Waals surface area contributed by atoms with Crippen molar-refractivity contribution in [3.8, 4) is 0 Å². The Labute approximate surface area is 126 Å². The van der Waals surface area contributed by atoms with E-state index in [1.165, 1.54) is 0 Å². The fraction of sp³-hybridized carbons (Fsp3) is 0.357. The minimum Gasteiger partial charge on any atom is -0.481 e. The fourth-order valence-electron chi connectivity index (χ4n) is 1.89. The van der Waals surface area contributed by atoms with Crippen molar-refractivity contribution in [2.45, 2.75) is 12.8 Å². The second-order valence-electron chi connectivity index (χ2n) is 4.54. The highest BCUT2D eigenvalue weighted by atomic mass is 32.2. The van der Waals surface area contributed by atoms with Crippen LogP contribution in [-0.4, -0.2) is 45.0 Å². The van der Waals surface area contributed by atoms with Gasteiger partial charge in [-0.1, -0.05) is 12.1 Å². The lowest BCUT2D eigenvalue weighted by Crippen LogP contribution is -2.26. The van der Waals surface area contributed by atoms with Crippen molar-refractivity contribution in [1.82, 2.24) is 15.3 Å². The summed E-state index contributed by atoms with van der Waals surface area (Å²) in [5, 5.41) is 11.2. The van der Waals surface area contributed by atoms with Gasteiger partial charge >= 0.3 is 5.97 Å². The molecule has 3 N–H and O–H groups in total. The van der Waals surface area contributed by atoms with Gasteiger partial charge in [-0.25, -0.2) is 4.98 Å². The highest BCUT2D eigenvalue weighted by molar-refractivity contribution is 8.00. The summed E-state index contributed by atoms with van der Waals surface area (Å²) in [5.41, 5.74) is 1.96. The third kappa shape index (κ3) is 5.11. The molecule has 0 aliphatic rings. The van der Waals surface area contributed by atoms with Crippen molar-refractivity contribution in [2.24, 2.45) is 0 Å². The normalized spacial score (nSPS) is 10.7. The number of aryl methyl sites for hydroxylation is 1. The van der Waals surface area contributed by atoms with E-state index in [-0.39, 0.29) is 17.4 Å². The molecular weight excluding hydrogens is 290 g/mol. The van der Waals surface area contributed by atoms with Crippen molar-refractivity contribution in [3.63, 3.8) is 0 Å².